The van der Waals surface area contributed by atoms with Gasteiger partial charge < -0.3 is 10.6 Å². The van der Waals surface area contributed by atoms with Crippen molar-refractivity contribution in [3.63, 3.8) is 0 Å². The minimum Gasteiger partial charge on any atom is -0.372 e. The summed E-state index contributed by atoms with van der Waals surface area (Å²) in [6.07, 6.45) is 1.05. The number of nitrogens with zero attached hydrogens (tertiary/aromatic N) is 2. The van der Waals surface area contributed by atoms with Crippen LogP contribution in [0.1, 0.15) is 46.9 Å². The van der Waals surface area contributed by atoms with Crippen molar-refractivity contribution in [2.75, 3.05) is 18.5 Å². The van der Waals surface area contributed by atoms with E-state index in [0.717, 1.165) is 17.0 Å². The number of carbonyl (C=O) groups excluding carboxylic acids is 4. The van der Waals surface area contributed by atoms with Crippen molar-refractivity contribution in [2.24, 2.45) is 5.73 Å². The third-order valence-electron chi connectivity index (χ3n) is 5.08. The van der Waals surface area contributed by atoms with Gasteiger partial charge in [0.1, 0.15) is 6.04 Å². The monoisotopic (exact) mass is 358 g/mol. The van der Waals surface area contributed by atoms with Gasteiger partial charge in [-0.2, -0.15) is 0 Å². The van der Waals surface area contributed by atoms with Crippen LogP contribution in [0.2, 0.25) is 0 Å². The molecular weight excluding hydrogens is 336 g/mol. The van der Waals surface area contributed by atoms with Crippen LogP contribution >= 0.6 is 0 Å². The highest BCUT2D eigenvalue weighted by atomic mass is 16.2. The first-order chi connectivity index (χ1) is 12.3. The Bertz CT molecular complexity index is 791. The van der Waals surface area contributed by atoms with E-state index in [1.165, 1.54) is 0 Å². The summed E-state index contributed by atoms with van der Waals surface area (Å²) in [5.74, 6) is -1.99. The van der Waals surface area contributed by atoms with Gasteiger partial charge in [0.2, 0.25) is 11.8 Å². The zero-order valence-corrected chi connectivity index (χ0v) is 14.8. The summed E-state index contributed by atoms with van der Waals surface area (Å²) in [4.78, 5) is 51.8. The molecule has 2 atom stereocenters. The Morgan fingerprint density at radius 3 is 2.58 bits per heavy atom. The number of nitrogens with one attached hydrogen (secondary N) is 1. The summed E-state index contributed by atoms with van der Waals surface area (Å²) in [5.41, 5.74) is 6.97. The number of fused-ring (bicyclic) bond motifs is 1. The SMILES string of the molecule is CC(CCN)N(C)c1ccc2c(c1)C(=O)N(C1CCC(=O)NC1=O)C2=O. The highest BCUT2D eigenvalue weighted by Gasteiger charge is 2.44. The predicted octanol–water partition coefficient (Wildman–Crippen LogP) is 0.261. The standard InChI is InChI=1S/C18H22N4O4/c1-10(7-8-19)21(2)11-3-4-12-13(9-11)18(26)22(17(12)25)14-5-6-15(23)20-16(14)24/h3-4,9-10,14H,5-8,19H2,1-2H3,(H,20,23,24). The molecule has 1 aromatic rings. The van der Waals surface area contributed by atoms with Crippen LogP contribution in [0.4, 0.5) is 5.69 Å². The number of rotatable bonds is 5. The molecule has 1 saturated heterocycles. The van der Waals surface area contributed by atoms with E-state index in [4.69, 9.17) is 5.73 Å². The predicted molar refractivity (Wildman–Crippen MR) is 94.7 cm³/mol. The fourth-order valence-electron chi connectivity index (χ4n) is 3.37. The Balaban J connectivity index is 1.88. The summed E-state index contributed by atoms with van der Waals surface area (Å²) < 4.78 is 0. The fourth-order valence-corrected chi connectivity index (χ4v) is 3.37. The second-order valence-corrected chi connectivity index (χ2v) is 6.71. The number of hydrogen-bond donors (Lipinski definition) is 2. The minimum atomic E-state index is -0.947. The maximum Gasteiger partial charge on any atom is 0.262 e. The Kier molecular flexibility index (Phi) is 4.78. The fraction of sp³-hybridized carbons (Fsp3) is 0.444. The van der Waals surface area contributed by atoms with Gasteiger partial charge in [0.15, 0.2) is 0 Å². The van der Waals surface area contributed by atoms with Crippen molar-refractivity contribution < 1.29 is 19.2 Å². The normalized spacial score (nSPS) is 20.9. The second-order valence-electron chi connectivity index (χ2n) is 6.71. The Hall–Kier alpha value is -2.74. The van der Waals surface area contributed by atoms with Gasteiger partial charge in [0.25, 0.3) is 11.8 Å². The molecule has 0 aliphatic carbocycles. The molecule has 3 rings (SSSR count). The van der Waals surface area contributed by atoms with Crippen molar-refractivity contribution in [1.29, 1.82) is 0 Å². The lowest BCUT2D eigenvalue weighted by molar-refractivity contribution is -0.136. The minimum absolute atomic E-state index is 0.106. The average Bonchev–Trinajstić information content (AvgIpc) is 2.85. The quantitative estimate of drug-likeness (QED) is 0.730. The second kappa shape index (κ2) is 6.87. The molecule has 2 aliphatic rings. The Labute approximate surface area is 151 Å². The summed E-state index contributed by atoms with van der Waals surface area (Å²) in [6, 6.07) is 4.30. The summed E-state index contributed by atoms with van der Waals surface area (Å²) in [6.45, 7) is 2.58. The first kappa shape index (κ1) is 18.1. The molecule has 0 radical (unpaired) electrons. The maximum atomic E-state index is 12.8. The largest absolute Gasteiger partial charge is 0.372 e. The van der Waals surface area contributed by atoms with Crippen LogP contribution in [0.5, 0.6) is 0 Å². The van der Waals surface area contributed by atoms with Gasteiger partial charge in [0, 0.05) is 25.2 Å². The molecule has 0 saturated carbocycles. The maximum absolute atomic E-state index is 12.8. The lowest BCUT2D eigenvalue weighted by Crippen LogP contribution is -2.54. The highest BCUT2D eigenvalue weighted by molar-refractivity contribution is 6.23. The molecule has 26 heavy (non-hydrogen) atoms. The highest BCUT2D eigenvalue weighted by Crippen LogP contribution is 2.30. The average molecular weight is 358 g/mol. The van der Waals surface area contributed by atoms with E-state index in [9.17, 15) is 19.2 Å². The number of anilines is 1. The van der Waals surface area contributed by atoms with E-state index in [1.54, 1.807) is 18.2 Å². The van der Waals surface area contributed by atoms with Gasteiger partial charge in [-0.3, -0.25) is 29.4 Å². The van der Waals surface area contributed by atoms with E-state index in [-0.39, 0.29) is 35.9 Å². The smallest absolute Gasteiger partial charge is 0.262 e. The first-order valence-corrected chi connectivity index (χ1v) is 8.63. The topological polar surface area (TPSA) is 113 Å². The van der Waals surface area contributed by atoms with Gasteiger partial charge >= 0.3 is 0 Å². The van der Waals surface area contributed by atoms with E-state index >= 15 is 0 Å². The van der Waals surface area contributed by atoms with Crippen LogP contribution in [0.3, 0.4) is 0 Å². The third kappa shape index (κ3) is 2.96. The van der Waals surface area contributed by atoms with Crippen molar-refractivity contribution in [3.05, 3.63) is 29.3 Å². The molecule has 1 fully saturated rings. The molecule has 2 heterocycles. The van der Waals surface area contributed by atoms with Crippen LogP contribution in [-0.2, 0) is 9.59 Å². The number of amides is 4. The van der Waals surface area contributed by atoms with E-state index in [1.807, 2.05) is 18.9 Å². The van der Waals surface area contributed by atoms with E-state index < -0.39 is 23.8 Å². The first-order valence-electron chi connectivity index (χ1n) is 8.63. The molecular formula is C18H22N4O4. The molecule has 0 aromatic heterocycles. The van der Waals surface area contributed by atoms with Crippen molar-refractivity contribution in [2.45, 2.75) is 38.3 Å². The Morgan fingerprint density at radius 1 is 1.23 bits per heavy atom. The third-order valence-corrected chi connectivity index (χ3v) is 5.08. The molecule has 4 amide bonds. The van der Waals surface area contributed by atoms with Crippen LogP contribution in [0.25, 0.3) is 0 Å². The molecule has 8 nitrogen and oxygen atoms in total. The zero-order valence-electron chi connectivity index (χ0n) is 14.8. The van der Waals surface area contributed by atoms with Crippen LogP contribution < -0.4 is 16.0 Å². The van der Waals surface area contributed by atoms with Crippen LogP contribution in [0.15, 0.2) is 18.2 Å². The summed E-state index contributed by atoms with van der Waals surface area (Å²) in [7, 11) is 1.90. The zero-order chi connectivity index (χ0) is 19.0. The number of imide groups is 2. The number of hydrogen-bond acceptors (Lipinski definition) is 6. The molecule has 2 aliphatic heterocycles. The number of piperidine rings is 1. The summed E-state index contributed by atoms with van der Waals surface area (Å²) in [5, 5.41) is 2.19. The Morgan fingerprint density at radius 2 is 1.92 bits per heavy atom. The molecule has 1 aromatic carbocycles. The molecule has 3 N–H and O–H groups in total. The van der Waals surface area contributed by atoms with Gasteiger partial charge in [-0.1, -0.05) is 0 Å². The van der Waals surface area contributed by atoms with Crippen LogP contribution in [-0.4, -0.2) is 54.2 Å². The molecule has 138 valence electrons. The number of nitrogens with two attached hydrogens (primary N) is 1. The molecule has 0 spiro atoms. The van der Waals surface area contributed by atoms with E-state index in [2.05, 4.69) is 5.32 Å². The van der Waals surface area contributed by atoms with Crippen molar-refractivity contribution >= 4 is 29.3 Å². The molecule has 8 heteroatoms. The molecule has 0 bridgehead atoms. The lowest BCUT2D eigenvalue weighted by Gasteiger charge is -2.28. The summed E-state index contributed by atoms with van der Waals surface area (Å²) >= 11 is 0. The van der Waals surface area contributed by atoms with Gasteiger partial charge in [-0.25, -0.2) is 0 Å². The number of carbonyl (C=O) groups is 4. The molecule has 2 unspecified atom stereocenters. The lowest BCUT2D eigenvalue weighted by atomic mass is 10.0. The van der Waals surface area contributed by atoms with Crippen LogP contribution in [0, 0.1) is 0 Å². The number of benzene rings is 1. The van der Waals surface area contributed by atoms with Gasteiger partial charge in [-0.05, 0) is 44.5 Å². The van der Waals surface area contributed by atoms with E-state index in [0.29, 0.717) is 6.54 Å². The van der Waals surface area contributed by atoms with Crippen molar-refractivity contribution in [3.8, 4) is 0 Å². The van der Waals surface area contributed by atoms with Gasteiger partial charge in [-0.15, -0.1) is 0 Å². The van der Waals surface area contributed by atoms with Crippen molar-refractivity contribution in [1.82, 2.24) is 10.2 Å². The van der Waals surface area contributed by atoms with Gasteiger partial charge in [0.05, 0.1) is 11.1 Å².